The molecule has 0 unspecified atom stereocenters. The smallest absolute Gasteiger partial charge is 0.410 e. The van der Waals surface area contributed by atoms with Gasteiger partial charge < -0.3 is 24.3 Å². The van der Waals surface area contributed by atoms with Crippen molar-refractivity contribution in [3.63, 3.8) is 0 Å². The average Bonchev–Trinajstić information content (AvgIpc) is 3.07. The van der Waals surface area contributed by atoms with Gasteiger partial charge in [-0.05, 0) is 56.7 Å². The second-order valence-corrected chi connectivity index (χ2v) is 9.02. The van der Waals surface area contributed by atoms with Gasteiger partial charge in [0.15, 0.2) is 0 Å². The molecule has 0 bridgehead atoms. The number of anilines is 1. The van der Waals surface area contributed by atoms with Gasteiger partial charge in [-0.2, -0.15) is 0 Å². The molecular formula is C24H30N4O4. The second-order valence-electron chi connectivity index (χ2n) is 9.02. The van der Waals surface area contributed by atoms with Gasteiger partial charge >= 0.3 is 11.8 Å². The van der Waals surface area contributed by atoms with Crippen molar-refractivity contribution in [2.45, 2.75) is 32.9 Å². The number of hydrogen-bond acceptors (Lipinski definition) is 5. The molecule has 32 heavy (non-hydrogen) atoms. The lowest BCUT2D eigenvalue weighted by molar-refractivity contribution is 0.0240. The Morgan fingerprint density at radius 2 is 1.72 bits per heavy atom. The molecule has 170 valence electrons. The van der Waals surface area contributed by atoms with E-state index in [9.17, 15) is 9.59 Å². The van der Waals surface area contributed by atoms with E-state index in [0.29, 0.717) is 32.7 Å². The van der Waals surface area contributed by atoms with E-state index in [1.165, 1.54) is 0 Å². The number of piperazine rings is 1. The minimum atomic E-state index is -0.499. The average molecular weight is 439 g/mol. The number of carbonyl (C=O) groups excluding carboxylic acids is 1. The summed E-state index contributed by atoms with van der Waals surface area (Å²) >= 11 is 0. The van der Waals surface area contributed by atoms with E-state index in [1.807, 2.05) is 63.2 Å². The van der Waals surface area contributed by atoms with Crippen molar-refractivity contribution in [2.24, 2.45) is 0 Å². The van der Waals surface area contributed by atoms with Crippen LogP contribution in [0.2, 0.25) is 0 Å². The lowest BCUT2D eigenvalue weighted by Crippen LogP contribution is -2.50. The van der Waals surface area contributed by atoms with E-state index < -0.39 is 5.60 Å². The minimum absolute atomic E-state index is 0.136. The second kappa shape index (κ2) is 8.61. The Kier molecular flexibility index (Phi) is 5.86. The molecule has 8 nitrogen and oxygen atoms in total. The zero-order valence-electron chi connectivity index (χ0n) is 19.1. The molecule has 0 radical (unpaired) electrons. The van der Waals surface area contributed by atoms with Crippen LogP contribution in [-0.2, 0) is 11.3 Å². The van der Waals surface area contributed by atoms with Crippen LogP contribution in [-0.4, -0.2) is 59.4 Å². The Hall–Kier alpha value is -3.42. The van der Waals surface area contributed by atoms with E-state index in [2.05, 4.69) is 9.88 Å². The maximum Gasteiger partial charge on any atom is 0.410 e. The van der Waals surface area contributed by atoms with Crippen molar-refractivity contribution in [1.29, 1.82) is 0 Å². The highest BCUT2D eigenvalue weighted by Gasteiger charge is 2.26. The standard InChI is InChI=1S/C24H30N4O4/c1-24(2,3)32-23(30)27-13-11-26(12-14-27)18-7-10-20-21(15-18)28(22(29)25-20)16-17-5-8-19(31-4)9-6-17/h5-10,15H,11-14,16H2,1-4H3,(H,25,29). The lowest BCUT2D eigenvalue weighted by Gasteiger charge is -2.36. The van der Waals surface area contributed by atoms with Crippen LogP contribution in [0, 0.1) is 0 Å². The van der Waals surface area contributed by atoms with Crippen LogP contribution >= 0.6 is 0 Å². The Bertz CT molecular complexity index is 1150. The van der Waals surface area contributed by atoms with Crippen LogP contribution in [0.1, 0.15) is 26.3 Å². The van der Waals surface area contributed by atoms with E-state index in [-0.39, 0.29) is 11.8 Å². The number of benzene rings is 2. The lowest BCUT2D eigenvalue weighted by atomic mass is 10.2. The zero-order valence-corrected chi connectivity index (χ0v) is 19.1. The fraction of sp³-hybridized carbons (Fsp3) is 0.417. The number of nitrogens with zero attached hydrogens (tertiary/aromatic N) is 3. The van der Waals surface area contributed by atoms with Crippen molar-refractivity contribution in [1.82, 2.24) is 14.5 Å². The fourth-order valence-corrected chi connectivity index (χ4v) is 3.88. The number of methoxy groups -OCH3 is 1. The molecule has 4 rings (SSSR count). The predicted molar refractivity (Wildman–Crippen MR) is 125 cm³/mol. The number of H-pyrrole nitrogens is 1. The number of fused-ring (bicyclic) bond motifs is 1. The molecule has 2 aromatic carbocycles. The summed E-state index contributed by atoms with van der Waals surface area (Å²) in [6, 6.07) is 13.7. The van der Waals surface area contributed by atoms with Gasteiger partial charge in [0.2, 0.25) is 0 Å². The molecule has 3 aromatic rings. The Morgan fingerprint density at radius 1 is 1.03 bits per heavy atom. The number of ether oxygens (including phenoxy) is 2. The maximum absolute atomic E-state index is 12.6. The van der Waals surface area contributed by atoms with Gasteiger partial charge in [0.25, 0.3) is 0 Å². The van der Waals surface area contributed by atoms with Gasteiger partial charge in [-0.3, -0.25) is 4.57 Å². The van der Waals surface area contributed by atoms with Crippen molar-refractivity contribution >= 4 is 22.8 Å². The van der Waals surface area contributed by atoms with E-state index in [1.54, 1.807) is 16.6 Å². The minimum Gasteiger partial charge on any atom is -0.497 e. The van der Waals surface area contributed by atoms with Crippen LogP contribution < -0.4 is 15.3 Å². The molecule has 0 atom stereocenters. The Balaban J connectivity index is 1.50. The quantitative estimate of drug-likeness (QED) is 0.675. The van der Waals surface area contributed by atoms with Crippen molar-refractivity contribution in [3.8, 4) is 5.75 Å². The number of aromatic amines is 1. The number of imidazole rings is 1. The first-order valence-electron chi connectivity index (χ1n) is 10.8. The third-order valence-corrected chi connectivity index (χ3v) is 5.56. The first kappa shape index (κ1) is 21.8. The molecule has 1 N–H and O–H groups in total. The molecule has 1 aliphatic heterocycles. The van der Waals surface area contributed by atoms with Gasteiger partial charge in [0, 0.05) is 31.9 Å². The predicted octanol–water partition coefficient (Wildman–Crippen LogP) is 3.44. The van der Waals surface area contributed by atoms with Crippen molar-refractivity contribution in [3.05, 3.63) is 58.5 Å². The largest absolute Gasteiger partial charge is 0.497 e. The zero-order chi connectivity index (χ0) is 22.9. The highest BCUT2D eigenvalue weighted by atomic mass is 16.6. The molecule has 8 heteroatoms. The molecule has 1 aliphatic rings. The molecular weight excluding hydrogens is 408 g/mol. The number of rotatable bonds is 4. The van der Waals surface area contributed by atoms with Crippen LogP contribution in [0.25, 0.3) is 11.0 Å². The molecule has 1 saturated heterocycles. The van der Waals surface area contributed by atoms with Gasteiger partial charge in [-0.15, -0.1) is 0 Å². The first-order valence-corrected chi connectivity index (χ1v) is 10.8. The Morgan fingerprint density at radius 3 is 2.34 bits per heavy atom. The van der Waals surface area contributed by atoms with E-state index in [4.69, 9.17) is 9.47 Å². The number of hydrogen-bond donors (Lipinski definition) is 1. The highest BCUT2D eigenvalue weighted by molar-refractivity contribution is 5.80. The van der Waals surface area contributed by atoms with Crippen molar-refractivity contribution in [2.75, 3.05) is 38.2 Å². The highest BCUT2D eigenvalue weighted by Crippen LogP contribution is 2.23. The SMILES string of the molecule is COc1ccc(Cn2c(=O)[nH]c3ccc(N4CCN(C(=O)OC(C)(C)C)CC4)cc32)cc1. The number of amides is 1. The molecule has 0 saturated carbocycles. The van der Waals surface area contributed by atoms with E-state index in [0.717, 1.165) is 28.0 Å². The maximum atomic E-state index is 12.6. The van der Waals surface area contributed by atoms with Gasteiger partial charge in [-0.25, -0.2) is 9.59 Å². The van der Waals surface area contributed by atoms with Crippen LogP contribution in [0.15, 0.2) is 47.3 Å². The van der Waals surface area contributed by atoms with Crippen LogP contribution in [0.4, 0.5) is 10.5 Å². The topological polar surface area (TPSA) is 79.8 Å². The van der Waals surface area contributed by atoms with Crippen LogP contribution in [0.3, 0.4) is 0 Å². The molecule has 1 amide bonds. The van der Waals surface area contributed by atoms with E-state index >= 15 is 0 Å². The molecule has 0 aliphatic carbocycles. The number of carbonyl (C=O) groups is 1. The molecule has 1 fully saturated rings. The summed E-state index contributed by atoms with van der Waals surface area (Å²) in [6.07, 6.45) is -0.272. The summed E-state index contributed by atoms with van der Waals surface area (Å²) < 4.78 is 12.4. The summed E-state index contributed by atoms with van der Waals surface area (Å²) in [5.41, 5.74) is 3.08. The number of aromatic nitrogens is 2. The van der Waals surface area contributed by atoms with Crippen LogP contribution in [0.5, 0.6) is 5.75 Å². The van der Waals surface area contributed by atoms with Gasteiger partial charge in [0.05, 0.1) is 24.7 Å². The normalized spacial score (nSPS) is 14.6. The first-order chi connectivity index (χ1) is 15.2. The van der Waals surface area contributed by atoms with Gasteiger partial charge in [-0.1, -0.05) is 12.1 Å². The fourth-order valence-electron chi connectivity index (χ4n) is 3.88. The third-order valence-electron chi connectivity index (χ3n) is 5.56. The number of nitrogens with one attached hydrogen (secondary N) is 1. The van der Waals surface area contributed by atoms with Gasteiger partial charge in [0.1, 0.15) is 11.4 Å². The van der Waals surface area contributed by atoms with Crippen molar-refractivity contribution < 1.29 is 14.3 Å². The molecule has 2 heterocycles. The third kappa shape index (κ3) is 4.74. The summed E-state index contributed by atoms with van der Waals surface area (Å²) in [5, 5.41) is 0. The summed E-state index contributed by atoms with van der Waals surface area (Å²) in [5.74, 6) is 0.785. The summed E-state index contributed by atoms with van der Waals surface area (Å²) in [6.45, 7) is 8.70. The molecule has 1 aromatic heterocycles. The Labute approximate surface area is 187 Å². The monoisotopic (exact) mass is 438 g/mol. The summed E-state index contributed by atoms with van der Waals surface area (Å²) in [4.78, 5) is 31.8. The summed E-state index contributed by atoms with van der Waals surface area (Å²) in [7, 11) is 1.63. The molecule has 0 spiro atoms.